The number of fused-ring (bicyclic) bond motifs is 7. The van der Waals surface area contributed by atoms with E-state index in [1.165, 1.54) is 0 Å². The fourth-order valence-corrected chi connectivity index (χ4v) is 8.16. The van der Waals surface area contributed by atoms with Crippen molar-refractivity contribution in [2.24, 2.45) is 0 Å². The van der Waals surface area contributed by atoms with Crippen LogP contribution in [0.3, 0.4) is 0 Å². The molecule has 6 aromatic carbocycles. The highest BCUT2D eigenvalue weighted by atomic mass is 16.5. The zero-order valence-corrected chi connectivity index (χ0v) is 31.9. The second-order valence-corrected chi connectivity index (χ2v) is 14.6. The molecule has 60 heavy (non-hydrogen) atoms. The number of rotatable bonds is 8. The van der Waals surface area contributed by atoms with Crippen LogP contribution in [0.15, 0.2) is 195 Å². The van der Waals surface area contributed by atoms with Crippen LogP contribution in [0.5, 0.6) is 23.0 Å². The molecular weight excluding hydrogens is 745 g/mol. The molecule has 12 rings (SSSR count). The first-order valence-electron chi connectivity index (χ1n) is 19.6. The smallest absolute Gasteiger partial charge is 0.137 e. The Kier molecular flexibility index (Phi) is 7.60. The topological polar surface area (TPSA) is 89.7 Å². The molecule has 284 valence electrons. The summed E-state index contributed by atoms with van der Waals surface area (Å²) in [5, 5.41) is 13.7. The minimum Gasteiger partial charge on any atom is -0.457 e. The number of nitrogens with zero attached hydrogens (tertiary/aromatic N) is 8. The van der Waals surface area contributed by atoms with Crippen LogP contribution in [-0.2, 0) is 0 Å². The summed E-state index contributed by atoms with van der Waals surface area (Å²) >= 11 is 0. The van der Waals surface area contributed by atoms with Crippen molar-refractivity contribution >= 4 is 54.6 Å². The molecule has 0 bridgehead atoms. The van der Waals surface area contributed by atoms with Crippen molar-refractivity contribution in [2.45, 2.75) is 0 Å². The van der Waals surface area contributed by atoms with Gasteiger partial charge in [-0.1, -0.05) is 60.7 Å². The minimum atomic E-state index is 0.692. The fourth-order valence-electron chi connectivity index (χ4n) is 8.16. The van der Waals surface area contributed by atoms with Crippen molar-refractivity contribution in [3.63, 3.8) is 0 Å². The van der Waals surface area contributed by atoms with E-state index in [0.717, 1.165) is 77.7 Å². The third kappa shape index (κ3) is 5.65. The SMILES string of the molecule is c1ccc(-n2c3cc(Oc4cccc(-n5cc6ccccc6n5)c4)ccc3c3c2c2ccc(Oc4cccc(-n5cc6ccccc6n5)c4)cc2n3-c2ccccn2)nc1. The van der Waals surface area contributed by atoms with Crippen molar-refractivity contribution in [3.8, 4) is 46.0 Å². The maximum atomic E-state index is 6.60. The lowest BCUT2D eigenvalue weighted by Gasteiger charge is -2.12. The van der Waals surface area contributed by atoms with E-state index in [1.807, 2.05) is 168 Å². The van der Waals surface area contributed by atoms with Gasteiger partial charge in [0.2, 0.25) is 0 Å². The highest BCUT2D eigenvalue weighted by molar-refractivity contribution is 6.20. The molecule has 10 heteroatoms. The number of benzene rings is 6. The minimum absolute atomic E-state index is 0.692. The lowest BCUT2D eigenvalue weighted by molar-refractivity contribution is 0.482. The predicted molar refractivity (Wildman–Crippen MR) is 235 cm³/mol. The summed E-state index contributed by atoms with van der Waals surface area (Å²) in [5.74, 6) is 4.35. The first-order chi connectivity index (χ1) is 29.7. The summed E-state index contributed by atoms with van der Waals surface area (Å²) in [4.78, 5) is 9.73. The van der Waals surface area contributed by atoms with E-state index in [1.54, 1.807) is 0 Å². The molecular formula is C50H32N8O2. The fraction of sp³-hybridized carbons (Fsp3) is 0. The summed E-state index contributed by atoms with van der Waals surface area (Å²) in [6.45, 7) is 0. The Balaban J connectivity index is 0.985. The number of aromatic nitrogens is 8. The molecule has 6 heterocycles. The molecule has 0 aliphatic heterocycles. The molecule has 0 fully saturated rings. The highest BCUT2D eigenvalue weighted by Crippen LogP contribution is 2.43. The molecule has 0 amide bonds. The Bertz CT molecular complexity index is 3260. The third-order valence-electron chi connectivity index (χ3n) is 10.8. The Hall–Kier alpha value is -8.50. The van der Waals surface area contributed by atoms with Crippen molar-refractivity contribution in [2.75, 3.05) is 0 Å². The molecule has 0 saturated heterocycles. The van der Waals surface area contributed by atoms with Crippen LogP contribution < -0.4 is 9.47 Å². The van der Waals surface area contributed by atoms with Gasteiger partial charge in [-0.25, -0.2) is 19.3 Å². The van der Waals surface area contributed by atoms with Crippen molar-refractivity contribution in [1.82, 2.24) is 38.7 Å². The van der Waals surface area contributed by atoms with E-state index in [4.69, 9.17) is 29.6 Å². The van der Waals surface area contributed by atoms with E-state index in [2.05, 4.69) is 45.5 Å². The quantitative estimate of drug-likeness (QED) is 0.153. The molecule has 0 radical (unpaired) electrons. The Morgan fingerprint density at radius 3 is 1.28 bits per heavy atom. The van der Waals surface area contributed by atoms with Gasteiger partial charge in [-0.2, -0.15) is 10.2 Å². The van der Waals surface area contributed by atoms with Crippen LogP contribution in [0.4, 0.5) is 0 Å². The lowest BCUT2D eigenvalue weighted by Crippen LogP contribution is -1.98. The van der Waals surface area contributed by atoms with Gasteiger partial charge in [0, 0.05) is 70.6 Å². The Morgan fingerprint density at radius 2 is 0.833 bits per heavy atom. The monoisotopic (exact) mass is 776 g/mol. The second kappa shape index (κ2) is 13.6. The lowest BCUT2D eigenvalue weighted by atomic mass is 10.2. The number of hydrogen-bond donors (Lipinski definition) is 0. The van der Waals surface area contributed by atoms with E-state index in [0.29, 0.717) is 23.0 Å². The van der Waals surface area contributed by atoms with Gasteiger partial charge >= 0.3 is 0 Å². The summed E-state index contributed by atoms with van der Waals surface area (Å²) in [7, 11) is 0. The zero-order valence-electron chi connectivity index (χ0n) is 31.9. The molecule has 0 spiro atoms. The van der Waals surface area contributed by atoms with Crippen LogP contribution in [0.1, 0.15) is 0 Å². The van der Waals surface area contributed by atoms with Gasteiger partial charge in [0.15, 0.2) is 0 Å². The molecule has 0 unspecified atom stereocenters. The molecule has 10 nitrogen and oxygen atoms in total. The van der Waals surface area contributed by atoms with Crippen LogP contribution in [0.2, 0.25) is 0 Å². The van der Waals surface area contributed by atoms with Gasteiger partial charge in [-0.15, -0.1) is 0 Å². The molecule has 0 N–H and O–H groups in total. The summed E-state index contributed by atoms with van der Waals surface area (Å²) < 4.78 is 21.4. The van der Waals surface area contributed by atoms with Gasteiger partial charge in [0.1, 0.15) is 34.6 Å². The van der Waals surface area contributed by atoms with Crippen LogP contribution in [-0.4, -0.2) is 38.7 Å². The van der Waals surface area contributed by atoms with Gasteiger partial charge in [0.05, 0.1) is 44.5 Å². The van der Waals surface area contributed by atoms with Gasteiger partial charge in [-0.3, -0.25) is 9.13 Å². The Labute approximate surface area is 342 Å². The molecule has 12 aromatic rings. The molecule has 0 aliphatic rings. The van der Waals surface area contributed by atoms with Crippen molar-refractivity contribution in [3.05, 3.63) is 195 Å². The predicted octanol–water partition coefficient (Wildman–Crippen LogP) is 11.8. The van der Waals surface area contributed by atoms with Crippen LogP contribution in [0.25, 0.3) is 77.7 Å². The summed E-state index contributed by atoms with van der Waals surface area (Å²) in [6, 6.07) is 56.5. The average Bonchev–Trinajstić information content (AvgIpc) is 4.08. The normalized spacial score (nSPS) is 11.7. The molecule has 6 aromatic heterocycles. The summed E-state index contributed by atoms with van der Waals surface area (Å²) in [5.41, 5.74) is 7.57. The van der Waals surface area contributed by atoms with Gasteiger partial charge in [-0.05, 0) is 84.9 Å². The highest BCUT2D eigenvalue weighted by Gasteiger charge is 2.24. The van der Waals surface area contributed by atoms with E-state index >= 15 is 0 Å². The van der Waals surface area contributed by atoms with Gasteiger partial charge < -0.3 is 9.47 Å². The average molecular weight is 777 g/mol. The third-order valence-corrected chi connectivity index (χ3v) is 10.8. The standard InChI is InChI=1S/C50H32N8O2/c1-3-17-43-33(11-1)31-55(53-43)35-13-9-15-37(27-35)59-39-21-23-41-45(29-39)57(47-19-5-7-25-51-47)50-42-24-22-40(30-46(42)58(49(41)50)48-20-6-8-26-52-48)60-38-16-10-14-36(28-38)56-32-34-12-2-4-18-44(34)54-56/h1-32H. The van der Waals surface area contributed by atoms with E-state index < -0.39 is 0 Å². The first-order valence-corrected chi connectivity index (χ1v) is 19.6. The molecule has 0 saturated carbocycles. The molecule has 0 atom stereocenters. The van der Waals surface area contributed by atoms with E-state index in [-0.39, 0.29) is 0 Å². The first kappa shape index (κ1) is 33.6. The van der Waals surface area contributed by atoms with Crippen LogP contribution >= 0.6 is 0 Å². The zero-order chi connectivity index (χ0) is 39.6. The number of hydrogen-bond acceptors (Lipinski definition) is 6. The van der Waals surface area contributed by atoms with E-state index in [9.17, 15) is 0 Å². The maximum Gasteiger partial charge on any atom is 0.137 e. The second-order valence-electron chi connectivity index (χ2n) is 14.6. The van der Waals surface area contributed by atoms with Crippen molar-refractivity contribution < 1.29 is 9.47 Å². The Morgan fingerprint density at radius 1 is 0.383 bits per heavy atom. The largest absolute Gasteiger partial charge is 0.457 e. The molecule has 0 aliphatic carbocycles. The summed E-state index contributed by atoms with van der Waals surface area (Å²) in [6.07, 6.45) is 7.70. The number of pyridine rings is 2. The van der Waals surface area contributed by atoms with Crippen LogP contribution in [0, 0.1) is 0 Å². The number of ether oxygens (including phenoxy) is 2. The van der Waals surface area contributed by atoms with Gasteiger partial charge in [0.25, 0.3) is 0 Å². The maximum absolute atomic E-state index is 6.60. The van der Waals surface area contributed by atoms with Crippen molar-refractivity contribution in [1.29, 1.82) is 0 Å².